The Balaban J connectivity index is 1.81. The summed E-state index contributed by atoms with van der Waals surface area (Å²) in [4.78, 5) is 4.60. The molecule has 1 fully saturated rings. The highest BCUT2D eigenvalue weighted by atomic mass is 32.2. The van der Waals surface area contributed by atoms with Gasteiger partial charge in [0.2, 0.25) is 5.95 Å². The molecule has 1 aliphatic heterocycles. The number of nitrogens with zero attached hydrogens (tertiary/aromatic N) is 2. The molecule has 1 saturated heterocycles. The highest BCUT2D eigenvalue weighted by Gasteiger charge is 2.16. The van der Waals surface area contributed by atoms with Crippen molar-refractivity contribution in [2.24, 2.45) is 5.92 Å². The standard InChI is InChI=1S/C15H27N3OS/c1-3-19-8-4-7-16-15-17-13(2)11-18(15)12-14-5-9-20-10-6-14/h11,14H,3-10,12H2,1-2H3,(H,16,17). The predicted octanol–water partition coefficient (Wildman–Crippen LogP) is 3.17. The Morgan fingerprint density at radius 3 is 3.00 bits per heavy atom. The number of aromatic nitrogens is 2. The van der Waals surface area contributed by atoms with E-state index in [1.54, 1.807) is 0 Å². The van der Waals surface area contributed by atoms with Crippen molar-refractivity contribution in [1.29, 1.82) is 0 Å². The van der Waals surface area contributed by atoms with Crippen molar-refractivity contribution in [2.75, 3.05) is 36.6 Å². The van der Waals surface area contributed by atoms with Gasteiger partial charge in [0.15, 0.2) is 0 Å². The third kappa shape index (κ3) is 5.02. The number of anilines is 1. The Labute approximate surface area is 126 Å². The summed E-state index contributed by atoms with van der Waals surface area (Å²) in [5.41, 5.74) is 1.10. The van der Waals surface area contributed by atoms with E-state index in [-0.39, 0.29) is 0 Å². The summed E-state index contributed by atoms with van der Waals surface area (Å²) in [6, 6.07) is 0. The zero-order valence-corrected chi connectivity index (χ0v) is 13.5. The molecule has 1 aromatic heterocycles. The lowest BCUT2D eigenvalue weighted by Crippen LogP contribution is -2.18. The Hall–Kier alpha value is -0.680. The molecule has 0 radical (unpaired) electrons. The minimum atomic E-state index is 0.799. The second-order valence-electron chi connectivity index (χ2n) is 5.39. The molecule has 0 bridgehead atoms. The monoisotopic (exact) mass is 297 g/mol. The van der Waals surface area contributed by atoms with Gasteiger partial charge in [-0.15, -0.1) is 0 Å². The molecule has 5 heteroatoms. The van der Waals surface area contributed by atoms with Gasteiger partial charge in [0.05, 0.1) is 5.69 Å². The largest absolute Gasteiger partial charge is 0.382 e. The number of nitrogens with one attached hydrogen (secondary N) is 1. The number of rotatable bonds is 8. The lowest BCUT2D eigenvalue weighted by molar-refractivity contribution is 0.147. The van der Waals surface area contributed by atoms with Gasteiger partial charge in [0.25, 0.3) is 0 Å². The van der Waals surface area contributed by atoms with Crippen LogP contribution < -0.4 is 5.32 Å². The zero-order chi connectivity index (χ0) is 14.2. The average molecular weight is 297 g/mol. The third-order valence-corrected chi connectivity index (χ3v) is 4.69. The molecule has 4 nitrogen and oxygen atoms in total. The Morgan fingerprint density at radius 2 is 2.25 bits per heavy atom. The summed E-state index contributed by atoms with van der Waals surface area (Å²) in [6.07, 6.45) is 5.88. The maximum Gasteiger partial charge on any atom is 0.203 e. The summed E-state index contributed by atoms with van der Waals surface area (Å²) >= 11 is 2.09. The van der Waals surface area contributed by atoms with Crippen LogP contribution in [0.3, 0.4) is 0 Å². The third-order valence-electron chi connectivity index (χ3n) is 3.65. The summed E-state index contributed by atoms with van der Waals surface area (Å²) in [6.45, 7) is 7.76. The topological polar surface area (TPSA) is 39.1 Å². The molecule has 0 unspecified atom stereocenters. The predicted molar refractivity (Wildman–Crippen MR) is 86.6 cm³/mol. The SMILES string of the molecule is CCOCCCNc1nc(C)cn1CC1CCSCC1. The van der Waals surface area contributed by atoms with Crippen molar-refractivity contribution in [3.8, 4) is 0 Å². The summed E-state index contributed by atoms with van der Waals surface area (Å²) in [5, 5.41) is 3.45. The molecule has 114 valence electrons. The fourth-order valence-electron chi connectivity index (χ4n) is 2.55. The first-order chi connectivity index (χ1) is 9.79. The molecule has 2 rings (SSSR count). The Morgan fingerprint density at radius 1 is 1.45 bits per heavy atom. The zero-order valence-electron chi connectivity index (χ0n) is 12.7. The molecular formula is C15H27N3OS. The first-order valence-electron chi connectivity index (χ1n) is 7.72. The molecule has 0 spiro atoms. The highest BCUT2D eigenvalue weighted by Crippen LogP contribution is 2.25. The minimum absolute atomic E-state index is 0.799. The smallest absolute Gasteiger partial charge is 0.203 e. The van der Waals surface area contributed by atoms with E-state index < -0.39 is 0 Å². The van der Waals surface area contributed by atoms with Crippen LogP contribution in [0.4, 0.5) is 5.95 Å². The van der Waals surface area contributed by atoms with E-state index in [0.29, 0.717) is 0 Å². The van der Waals surface area contributed by atoms with Crippen LogP contribution in [0.5, 0.6) is 0 Å². The molecule has 1 aromatic rings. The minimum Gasteiger partial charge on any atom is -0.382 e. The van der Waals surface area contributed by atoms with Crippen LogP contribution in [0.2, 0.25) is 0 Å². The van der Waals surface area contributed by atoms with Crippen molar-refractivity contribution in [2.45, 2.75) is 39.7 Å². The van der Waals surface area contributed by atoms with Crippen molar-refractivity contribution < 1.29 is 4.74 Å². The molecular weight excluding hydrogens is 270 g/mol. The molecule has 20 heavy (non-hydrogen) atoms. The van der Waals surface area contributed by atoms with Crippen molar-refractivity contribution in [3.63, 3.8) is 0 Å². The van der Waals surface area contributed by atoms with Crippen LogP contribution in [0.15, 0.2) is 6.20 Å². The van der Waals surface area contributed by atoms with E-state index in [1.165, 1.54) is 24.3 Å². The van der Waals surface area contributed by atoms with Crippen molar-refractivity contribution in [3.05, 3.63) is 11.9 Å². The van der Waals surface area contributed by atoms with Crippen LogP contribution in [0.1, 0.15) is 31.9 Å². The number of thioether (sulfide) groups is 1. The first kappa shape index (κ1) is 15.7. The molecule has 0 saturated carbocycles. The summed E-state index contributed by atoms with van der Waals surface area (Å²) < 4.78 is 7.66. The summed E-state index contributed by atoms with van der Waals surface area (Å²) in [5.74, 6) is 4.47. The van der Waals surface area contributed by atoms with Gasteiger partial charge in [0.1, 0.15) is 0 Å². The Bertz CT molecular complexity index is 388. The lowest BCUT2D eigenvalue weighted by Gasteiger charge is -2.22. The second kappa shape index (κ2) is 8.57. The van der Waals surface area contributed by atoms with E-state index in [2.05, 4.69) is 39.8 Å². The van der Waals surface area contributed by atoms with Crippen molar-refractivity contribution >= 4 is 17.7 Å². The van der Waals surface area contributed by atoms with Crippen LogP contribution in [-0.2, 0) is 11.3 Å². The van der Waals surface area contributed by atoms with E-state index in [0.717, 1.165) is 50.3 Å². The molecule has 2 heterocycles. The number of aryl methyl sites for hydroxylation is 1. The van der Waals surface area contributed by atoms with Crippen LogP contribution in [0.25, 0.3) is 0 Å². The Kier molecular flexibility index (Phi) is 6.73. The normalized spacial score (nSPS) is 16.5. The van der Waals surface area contributed by atoms with Gasteiger partial charge in [-0.3, -0.25) is 0 Å². The van der Waals surface area contributed by atoms with E-state index in [9.17, 15) is 0 Å². The number of ether oxygens (including phenoxy) is 1. The number of hydrogen-bond acceptors (Lipinski definition) is 4. The van der Waals surface area contributed by atoms with Crippen molar-refractivity contribution in [1.82, 2.24) is 9.55 Å². The van der Waals surface area contributed by atoms with Gasteiger partial charge in [-0.2, -0.15) is 11.8 Å². The van der Waals surface area contributed by atoms with Crippen LogP contribution >= 0.6 is 11.8 Å². The lowest BCUT2D eigenvalue weighted by atomic mass is 10.0. The number of hydrogen-bond donors (Lipinski definition) is 1. The van der Waals surface area contributed by atoms with Gasteiger partial charge >= 0.3 is 0 Å². The van der Waals surface area contributed by atoms with Crippen LogP contribution in [-0.4, -0.2) is 40.8 Å². The molecule has 0 aromatic carbocycles. The molecule has 1 aliphatic rings. The van der Waals surface area contributed by atoms with Gasteiger partial charge < -0.3 is 14.6 Å². The van der Waals surface area contributed by atoms with E-state index in [1.807, 2.05) is 6.92 Å². The molecule has 1 N–H and O–H groups in total. The fourth-order valence-corrected chi connectivity index (χ4v) is 3.76. The maximum atomic E-state index is 5.36. The van der Waals surface area contributed by atoms with Gasteiger partial charge in [-0.25, -0.2) is 4.98 Å². The van der Waals surface area contributed by atoms with Gasteiger partial charge in [0, 0.05) is 32.5 Å². The van der Waals surface area contributed by atoms with E-state index >= 15 is 0 Å². The fraction of sp³-hybridized carbons (Fsp3) is 0.800. The average Bonchev–Trinajstić information content (AvgIpc) is 2.80. The first-order valence-corrected chi connectivity index (χ1v) is 8.88. The van der Waals surface area contributed by atoms with E-state index in [4.69, 9.17) is 4.74 Å². The summed E-state index contributed by atoms with van der Waals surface area (Å²) in [7, 11) is 0. The molecule has 0 atom stereocenters. The quantitative estimate of drug-likeness (QED) is 0.748. The maximum absolute atomic E-state index is 5.36. The second-order valence-corrected chi connectivity index (χ2v) is 6.62. The number of imidazole rings is 1. The molecule has 0 amide bonds. The molecule has 0 aliphatic carbocycles. The van der Waals surface area contributed by atoms with Crippen LogP contribution in [0, 0.1) is 12.8 Å². The highest BCUT2D eigenvalue weighted by molar-refractivity contribution is 7.99. The van der Waals surface area contributed by atoms with Gasteiger partial charge in [-0.05, 0) is 50.5 Å². The van der Waals surface area contributed by atoms with Gasteiger partial charge in [-0.1, -0.05) is 0 Å².